The maximum atomic E-state index is 13.6. The van der Waals surface area contributed by atoms with Crippen molar-refractivity contribution in [2.75, 3.05) is 11.9 Å². The number of amides is 2. The molecule has 0 aliphatic carbocycles. The average Bonchev–Trinajstić information content (AvgIpc) is 2.85. The zero-order valence-corrected chi connectivity index (χ0v) is 22.8. The Morgan fingerprint density at radius 2 is 1.81 bits per heavy atom. The predicted molar refractivity (Wildman–Crippen MR) is 146 cm³/mol. The summed E-state index contributed by atoms with van der Waals surface area (Å²) in [6.07, 6.45) is 1.19. The molecule has 0 aromatic heterocycles. The fourth-order valence-corrected chi connectivity index (χ4v) is 4.13. The van der Waals surface area contributed by atoms with Crippen molar-refractivity contribution >= 4 is 62.8 Å². The molecule has 194 valence electrons. The Labute approximate surface area is 232 Å². The molecule has 0 fully saturated rings. The highest BCUT2D eigenvalue weighted by molar-refractivity contribution is 9.10. The third-order valence-electron chi connectivity index (χ3n) is 4.85. The first-order valence-corrected chi connectivity index (χ1v) is 12.7. The van der Waals surface area contributed by atoms with Gasteiger partial charge in [-0.3, -0.25) is 9.59 Å². The Kier molecular flexibility index (Phi) is 10.7. The van der Waals surface area contributed by atoms with Crippen LogP contribution in [0.5, 0.6) is 11.5 Å². The van der Waals surface area contributed by atoms with Crippen LogP contribution >= 0.6 is 39.1 Å². The van der Waals surface area contributed by atoms with Crippen molar-refractivity contribution in [2.45, 2.75) is 26.4 Å². The van der Waals surface area contributed by atoms with E-state index in [0.717, 1.165) is 5.56 Å². The molecule has 0 bridgehead atoms. The molecule has 2 N–H and O–H groups in total. The zero-order valence-electron chi connectivity index (χ0n) is 19.7. The summed E-state index contributed by atoms with van der Waals surface area (Å²) < 4.78 is 25.9. The Bertz CT molecular complexity index is 1310. The van der Waals surface area contributed by atoms with Gasteiger partial charge in [-0.25, -0.2) is 9.82 Å². The number of carbonyl (C=O) groups excluding carboxylic acids is 2. The summed E-state index contributed by atoms with van der Waals surface area (Å²) in [5.74, 6) is -0.545. The van der Waals surface area contributed by atoms with Gasteiger partial charge in [-0.1, -0.05) is 41.4 Å². The minimum atomic E-state index is -0.548. The van der Waals surface area contributed by atoms with Crippen LogP contribution in [0.3, 0.4) is 0 Å². The smallest absolute Gasteiger partial charge is 0.240 e. The van der Waals surface area contributed by atoms with E-state index in [4.69, 9.17) is 32.7 Å². The van der Waals surface area contributed by atoms with Crippen LogP contribution < -0.4 is 20.2 Å². The van der Waals surface area contributed by atoms with Crippen LogP contribution in [0.2, 0.25) is 10.0 Å². The lowest BCUT2D eigenvalue weighted by molar-refractivity contribution is -0.124. The standard InChI is InChI=1S/C26H23BrCl2FN3O4/c1-2-36-23-12-16(11-19(27)26(23)37-15-17-7-8-18(28)13-20(17)29)14-31-33-25(35)10-9-24(34)32-22-6-4-3-5-21(22)30/h3-8,11-14H,2,9-10,15H2,1H3,(H,32,34)(H,33,35). The lowest BCUT2D eigenvalue weighted by Crippen LogP contribution is -2.21. The number of nitrogens with zero attached hydrogens (tertiary/aromatic N) is 1. The van der Waals surface area contributed by atoms with Gasteiger partial charge in [0.25, 0.3) is 0 Å². The van der Waals surface area contributed by atoms with Crippen molar-refractivity contribution in [1.82, 2.24) is 5.43 Å². The van der Waals surface area contributed by atoms with Gasteiger partial charge in [0.05, 0.1) is 23.0 Å². The van der Waals surface area contributed by atoms with Gasteiger partial charge in [0.2, 0.25) is 11.8 Å². The molecule has 0 saturated carbocycles. The molecule has 0 aliphatic rings. The van der Waals surface area contributed by atoms with E-state index in [2.05, 4.69) is 31.8 Å². The normalized spacial score (nSPS) is 10.8. The number of benzene rings is 3. The van der Waals surface area contributed by atoms with E-state index in [0.29, 0.717) is 38.2 Å². The highest BCUT2D eigenvalue weighted by atomic mass is 79.9. The van der Waals surface area contributed by atoms with Gasteiger partial charge in [-0.2, -0.15) is 5.10 Å². The molecule has 37 heavy (non-hydrogen) atoms. The minimum absolute atomic E-state index is 0.0605. The molecule has 11 heteroatoms. The molecule has 0 saturated heterocycles. The monoisotopic (exact) mass is 609 g/mol. The van der Waals surface area contributed by atoms with Crippen molar-refractivity contribution in [3.63, 3.8) is 0 Å². The predicted octanol–water partition coefficient (Wildman–Crippen LogP) is 6.74. The summed E-state index contributed by atoms with van der Waals surface area (Å²) in [6.45, 7) is 2.44. The van der Waals surface area contributed by atoms with Gasteiger partial charge in [-0.15, -0.1) is 0 Å². The average molecular weight is 611 g/mol. The summed E-state index contributed by atoms with van der Waals surface area (Å²) >= 11 is 15.7. The fourth-order valence-electron chi connectivity index (χ4n) is 3.09. The van der Waals surface area contributed by atoms with E-state index in [1.807, 2.05) is 6.92 Å². The second-order valence-electron chi connectivity index (χ2n) is 7.61. The number of halogens is 4. The largest absolute Gasteiger partial charge is 0.490 e. The molecule has 3 aromatic rings. The van der Waals surface area contributed by atoms with Gasteiger partial charge >= 0.3 is 0 Å². The highest BCUT2D eigenvalue weighted by Gasteiger charge is 2.14. The number of hydrogen-bond acceptors (Lipinski definition) is 5. The maximum Gasteiger partial charge on any atom is 0.240 e. The molecular formula is C26H23BrCl2FN3O4. The molecule has 0 radical (unpaired) electrons. The van der Waals surface area contributed by atoms with Crippen molar-refractivity contribution in [3.8, 4) is 11.5 Å². The molecular weight excluding hydrogens is 588 g/mol. The number of rotatable bonds is 11. The number of anilines is 1. The Morgan fingerprint density at radius 1 is 1.05 bits per heavy atom. The van der Waals surface area contributed by atoms with Gasteiger partial charge < -0.3 is 14.8 Å². The lowest BCUT2D eigenvalue weighted by atomic mass is 10.2. The molecule has 0 aliphatic heterocycles. The molecule has 2 amide bonds. The Morgan fingerprint density at radius 3 is 2.54 bits per heavy atom. The van der Waals surface area contributed by atoms with Crippen LogP contribution in [0.4, 0.5) is 10.1 Å². The van der Waals surface area contributed by atoms with Crippen LogP contribution in [-0.2, 0) is 16.2 Å². The van der Waals surface area contributed by atoms with Crippen molar-refractivity contribution in [3.05, 3.63) is 86.1 Å². The lowest BCUT2D eigenvalue weighted by Gasteiger charge is -2.15. The molecule has 0 spiro atoms. The van der Waals surface area contributed by atoms with E-state index >= 15 is 0 Å². The first-order chi connectivity index (χ1) is 17.8. The van der Waals surface area contributed by atoms with Gasteiger partial charge in [-0.05, 0) is 64.8 Å². The second-order valence-corrected chi connectivity index (χ2v) is 9.31. The summed E-state index contributed by atoms with van der Waals surface area (Å²) in [6, 6.07) is 14.4. The summed E-state index contributed by atoms with van der Waals surface area (Å²) in [5, 5.41) is 7.39. The third-order valence-corrected chi connectivity index (χ3v) is 6.02. The third kappa shape index (κ3) is 8.73. The second kappa shape index (κ2) is 14.0. The zero-order chi connectivity index (χ0) is 26.8. The van der Waals surface area contributed by atoms with Crippen molar-refractivity contribution < 1.29 is 23.5 Å². The molecule has 0 atom stereocenters. The Balaban J connectivity index is 1.57. The molecule has 0 unspecified atom stereocenters. The van der Waals surface area contributed by atoms with E-state index in [1.54, 1.807) is 36.4 Å². The van der Waals surface area contributed by atoms with E-state index in [-0.39, 0.29) is 25.1 Å². The first-order valence-electron chi connectivity index (χ1n) is 11.2. The van der Waals surface area contributed by atoms with Crippen LogP contribution in [-0.4, -0.2) is 24.6 Å². The van der Waals surface area contributed by atoms with Gasteiger partial charge in [0.15, 0.2) is 11.5 Å². The van der Waals surface area contributed by atoms with Gasteiger partial charge in [0.1, 0.15) is 12.4 Å². The number of carbonyl (C=O) groups is 2. The van der Waals surface area contributed by atoms with Crippen LogP contribution in [0.1, 0.15) is 30.9 Å². The van der Waals surface area contributed by atoms with Gasteiger partial charge in [0, 0.05) is 28.5 Å². The SMILES string of the molecule is CCOc1cc(C=NNC(=O)CCC(=O)Nc2ccccc2F)cc(Br)c1OCc1ccc(Cl)cc1Cl. The first kappa shape index (κ1) is 28.4. The highest BCUT2D eigenvalue weighted by Crippen LogP contribution is 2.37. The van der Waals surface area contributed by atoms with E-state index in [1.165, 1.54) is 24.4 Å². The number of para-hydroxylation sites is 1. The number of nitrogens with one attached hydrogen (secondary N) is 2. The van der Waals surface area contributed by atoms with Crippen molar-refractivity contribution in [2.24, 2.45) is 5.10 Å². The summed E-state index contributed by atoms with van der Waals surface area (Å²) in [4.78, 5) is 24.0. The molecule has 3 rings (SSSR count). The minimum Gasteiger partial charge on any atom is -0.490 e. The van der Waals surface area contributed by atoms with E-state index in [9.17, 15) is 14.0 Å². The Hall–Kier alpha value is -3.14. The fraction of sp³-hybridized carbons (Fsp3) is 0.192. The molecule has 0 heterocycles. The van der Waals surface area contributed by atoms with E-state index < -0.39 is 17.6 Å². The quantitative estimate of drug-likeness (QED) is 0.186. The molecule has 3 aromatic carbocycles. The summed E-state index contributed by atoms with van der Waals surface area (Å²) in [7, 11) is 0. The van der Waals surface area contributed by atoms with Crippen LogP contribution in [0.25, 0.3) is 0 Å². The number of hydrogen-bond donors (Lipinski definition) is 2. The summed E-state index contributed by atoms with van der Waals surface area (Å²) in [5.41, 5.74) is 3.82. The van der Waals surface area contributed by atoms with Crippen LogP contribution in [0, 0.1) is 5.82 Å². The number of hydrazone groups is 1. The maximum absolute atomic E-state index is 13.6. The van der Waals surface area contributed by atoms with Crippen LogP contribution in [0.15, 0.2) is 64.2 Å². The number of ether oxygens (including phenoxy) is 2. The van der Waals surface area contributed by atoms with Crippen molar-refractivity contribution in [1.29, 1.82) is 0 Å². The topological polar surface area (TPSA) is 89.0 Å². The molecule has 7 nitrogen and oxygen atoms in total.